The van der Waals surface area contributed by atoms with Gasteiger partial charge in [-0.1, -0.05) is 25.0 Å². The Balaban J connectivity index is 2.18. The van der Waals surface area contributed by atoms with Gasteiger partial charge in [-0.05, 0) is 38.0 Å². The summed E-state index contributed by atoms with van der Waals surface area (Å²) in [7, 11) is 2.16. The Kier molecular flexibility index (Phi) is 3.13. The SMILES string of the molecule is O=S(=O)(Cl)C1(C2/C=C\CCCCC2)CC1. The molecule has 1 atom stereocenters. The minimum atomic E-state index is -3.40. The number of halogens is 1. The highest BCUT2D eigenvalue weighted by molar-refractivity contribution is 8.15. The van der Waals surface area contributed by atoms with E-state index in [1.54, 1.807) is 0 Å². The lowest BCUT2D eigenvalue weighted by molar-refractivity contribution is 0.476. The summed E-state index contributed by atoms with van der Waals surface area (Å²) in [5.41, 5.74) is 0. The zero-order chi connectivity index (χ0) is 10.9. The molecule has 0 spiro atoms. The van der Waals surface area contributed by atoms with Crippen molar-refractivity contribution in [1.82, 2.24) is 0 Å². The molecule has 0 radical (unpaired) electrons. The summed E-state index contributed by atoms with van der Waals surface area (Å²) in [5.74, 6) is 0.153. The lowest BCUT2D eigenvalue weighted by atomic mass is 9.92. The normalized spacial score (nSPS) is 32.7. The Bertz CT molecular complexity index is 355. The molecule has 1 unspecified atom stereocenters. The lowest BCUT2D eigenvalue weighted by Gasteiger charge is -2.22. The molecule has 1 saturated carbocycles. The van der Waals surface area contributed by atoms with E-state index in [1.807, 2.05) is 0 Å². The molecule has 0 heterocycles. The van der Waals surface area contributed by atoms with E-state index in [-0.39, 0.29) is 5.92 Å². The van der Waals surface area contributed by atoms with E-state index in [0.717, 1.165) is 32.1 Å². The summed E-state index contributed by atoms with van der Waals surface area (Å²) in [6.07, 6.45) is 11.3. The van der Waals surface area contributed by atoms with Crippen LogP contribution in [0.2, 0.25) is 0 Å². The average molecular weight is 249 g/mol. The molecule has 0 N–H and O–H groups in total. The van der Waals surface area contributed by atoms with Crippen molar-refractivity contribution in [1.29, 1.82) is 0 Å². The van der Waals surface area contributed by atoms with Crippen LogP contribution in [0.25, 0.3) is 0 Å². The minimum Gasteiger partial charge on any atom is -0.212 e. The van der Waals surface area contributed by atoms with Gasteiger partial charge < -0.3 is 0 Å². The first-order valence-electron chi connectivity index (χ1n) is 5.67. The topological polar surface area (TPSA) is 34.1 Å². The van der Waals surface area contributed by atoms with Crippen molar-refractivity contribution in [3.05, 3.63) is 12.2 Å². The molecule has 1 fully saturated rings. The number of rotatable bonds is 2. The van der Waals surface area contributed by atoms with Crippen molar-refractivity contribution in [3.8, 4) is 0 Å². The molecule has 15 heavy (non-hydrogen) atoms. The van der Waals surface area contributed by atoms with Crippen molar-refractivity contribution in [2.24, 2.45) is 5.92 Å². The standard InChI is InChI=1S/C11H17ClO2S/c12-15(13,14)11(8-9-11)10-6-4-2-1-3-5-7-10/h4,6,10H,1-3,5,7-9H2/b6-4-. The highest BCUT2D eigenvalue weighted by Gasteiger charge is 2.57. The third kappa shape index (κ3) is 2.23. The molecule has 0 aromatic rings. The maximum absolute atomic E-state index is 11.5. The highest BCUT2D eigenvalue weighted by atomic mass is 35.7. The Morgan fingerprint density at radius 3 is 2.53 bits per heavy atom. The largest absolute Gasteiger partial charge is 0.238 e. The number of hydrogen-bond donors (Lipinski definition) is 0. The third-order valence-corrected chi connectivity index (χ3v) is 6.26. The lowest BCUT2D eigenvalue weighted by Crippen LogP contribution is -2.28. The maximum atomic E-state index is 11.5. The van der Waals surface area contributed by atoms with Crippen LogP contribution < -0.4 is 0 Å². The van der Waals surface area contributed by atoms with Gasteiger partial charge >= 0.3 is 0 Å². The van der Waals surface area contributed by atoms with E-state index in [0.29, 0.717) is 0 Å². The second-order valence-corrected chi connectivity index (χ2v) is 7.58. The summed E-state index contributed by atoms with van der Waals surface area (Å²) < 4.78 is 22.5. The first kappa shape index (κ1) is 11.5. The fourth-order valence-electron chi connectivity index (χ4n) is 2.52. The fourth-order valence-corrected chi connectivity index (χ4v) is 4.47. The zero-order valence-corrected chi connectivity index (χ0v) is 10.4. The molecule has 0 aromatic heterocycles. The van der Waals surface area contributed by atoms with E-state index < -0.39 is 13.8 Å². The number of allylic oxidation sites excluding steroid dienone is 2. The van der Waals surface area contributed by atoms with Crippen molar-refractivity contribution in [2.75, 3.05) is 0 Å². The summed E-state index contributed by atoms with van der Waals surface area (Å²) in [6, 6.07) is 0. The molecule has 0 amide bonds. The van der Waals surface area contributed by atoms with Crippen molar-refractivity contribution >= 4 is 19.7 Å². The van der Waals surface area contributed by atoms with Gasteiger partial charge in [-0.15, -0.1) is 0 Å². The van der Waals surface area contributed by atoms with Gasteiger partial charge in [-0.3, -0.25) is 0 Å². The molecule has 86 valence electrons. The van der Waals surface area contributed by atoms with Crippen molar-refractivity contribution < 1.29 is 8.42 Å². The smallest absolute Gasteiger partial charge is 0.212 e. The summed E-state index contributed by atoms with van der Waals surface area (Å²) in [5, 5.41) is 0. The summed E-state index contributed by atoms with van der Waals surface area (Å²) in [4.78, 5) is 0. The van der Waals surface area contributed by atoms with Crippen LogP contribution in [0.15, 0.2) is 12.2 Å². The molecule has 2 nitrogen and oxygen atoms in total. The van der Waals surface area contributed by atoms with Gasteiger partial charge in [0.1, 0.15) is 0 Å². The van der Waals surface area contributed by atoms with Crippen LogP contribution in [0, 0.1) is 5.92 Å². The van der Waals surface area contributed by atoms with Crippen LogP contribution in [0.4, 0.5) is 0 Å². The van der Waals surface area contributed by atoms with Crippen LogP contribution in [-0.4, -0.2) is 13.2 Å². The molecular formula is C11H17ClO2S. The van der Waals surface area contributed by atoms with Crippen LogP contribution in [0.1, 0.15) is 44.9 Å². The predicted molar refractivity (Wildman–Crippen MR) is 62.5 cm³/mol. The number of hydrogen-bond acceptors (Lipinski definition) is 2. The Labute approximate surface area is 96.1 Å². The second kappa shape index (κ2) is 4.10. The second-order valence-electron chi connectivity index (χ2n) is 4.68. The van der Waals surface area contributed by atoms with Crippen LogP contribution in [-0.2, 0) is 9.05 Å². The maximum Gasteiger partial charge on any atom is 0.238 e. The summed E-state index contributed by atoms with van der Waals surface area (Å²) >= 11 is 0. The van der Waals surface area contributed by atoms with Crippen LogP contribution in [0.3, 0.4) is 0 Å². The van der Waals surface area contributed by atoms with Crippen molar-refractivity contribution in [2.45, 2.75) is 49.7 Å². The van der Waals surface area contributed by atoms with Gasteiger partial charge in [0, 0.05) is 10.7 Å². The highest BCUT2D eigenvalue weighted by Crippen LogP contribution is 2.53. The fraction of sp³-hybridized carbons (Fsp3) is 0.818. The van der Waals surface area contributed by atoms with Gasteiger partial charge in [0.05, 0.1) is 4.75 Å². The average Bonchev–Trinajstić information content (AvgIpc) is 2.81. The summed E-state index contributed by atoms with van der Waals surface area (Å²) in [6.45, 7) is 0. The van der Waals surface area contributed by atoms with Gasteiger partial charge in [0.2, 0.25) is 9.05 Å². The Morgan fingerprint density at radius 1 is 1.20 bits per heavy atom. The molecule has 2 aliphatic rings. The molecule has 0 bridgehead atoms. The third-order valence-electron chi connectivity index (χ3n) is 3.66. The van der Waals surface area contributed by atoms with E-state index in [2.05, 4.69) is 12.2 Å². The first-order valence-corrected chi connectivity index (χ1v) is 7.98. The van der Waals surface area contributed by atoms with Crippen LogP contribution >= 0.6 is 10.7 Å². The molecular weight excluding hydrogens is 232 g/mol. The molecule has 0 aromatic carbocycles. The van der Waals surface area contributed by atoms with Gasteiger partial charge in [-0.2, -0.15) is 0 Å². The molecule has 4 heteroatoms. The molecule has 2 rings (SSSR count). The predicted octanol–water partition coefficient (Wildman–Crippen LogP) is 3.22. The van der Waals surface area contributed by atoms with E-state index in [9.17, 15) is 8.42 Å². The first-order chi connectivity index (χ1) is 7.06. The molecule has 2 aliphatic carbocycles. The van der Waals surface area contributed by atoms with Crippen molar-refractivity contribution in [3.63, 3.8) is 0 Å². The van der Waals surface area contributed by atoms with E-state index in [1.165, 1.54) is 12.8 Å². The van der Waals surface area contributed by atoms with Gasteiger partial charge in [0.25, 0.3) is 0 Å². The quantitative estimate of drug-likeness (QED) is 0.556. The minimum absolute atomic E-state index is 0.153. The molecule has 0 saturated heterocycles. The van der Waals surface area contributed by atoms with E-state index in [4.69, 9.17) is 10.7 Å². The van der Waals surface area contributed by atoms with Gasteiger partial charge in [0.15, 0.2) is 0 Å². The Morgan fingerprint density at radius 2 is 1.93 bits per heavy atom. The monoisotopic (exact) mass is 248 g/mol. The molecule has 0 aliphatic heterocycles. The van der Waals surface area contributed by atoms with Gasteiger partial charge in [-0.25, -0.2) is 8.42 Å². The zero-order valence-electron chi connectivity index (χ0n) is 8.78. The van der Waals surface area contributed by atoms with E-state index >= 15 is 0 Å². The van der Waals surface area contributed by atoms with Crippen LogP contribution in [0.5, 0.6) is 0 Å². The Hall–Kier alpha value is -0.0200.